The van der Waals surface area contributed by atoms with E-state index < -0.39 is 5.56 Å². The number of H-pyrrole nitrogens is 1. The second-order valence-corrected chi connectivity index (χ2v) is 5.23. The number of aromatic amines is 1. The number of benzene rings is 1. The van der Waals surface area contributed by atoms with E-state index >= 15 is 0 Å². The fourth-order valence-corrected chi connectivity index (χ4v) is 2.72. The van der Waals surface area contributed by atoms with Gasteiger partial charge in [0.25, 0.3) is 11.5 Å². The second-order valence-electron chi connectivity index (χ2n) is 5.23. The van der Waals surface area contributed by atoms with Crippen LogP contribution in [0.4, 0.5) is 5.69 Å². The van der Waals surface area contributed by atoms with E-state index in [1.54, 1.807) is 25.1 Å². The van der Waals surface area contributed by atoms with E-state index in [4.69, 9.17) is 0 Å². The van der Waals surface area contributed by atoms with E-state index in [-0.39, 0.29) is 17.2 Å². The first-order chi connectivity index (χ1) is 10.1. The van der Waals surface area contributed by atoms with Crippen LogP contribution in [0.25, 0.3) is 0 Å². The molecule has 2 N–H and O–H groups in total. The Kier molecular flexibility index (Phi) is 3.25. The Hall–Kier alpha value is -2.56. The molecule has 5 nitrogen and oxygen atoms in total. The van der Waals surface area contributed by atoms with Gasteiger partial charge in [-0.05, 0) is 43.5 Å². The van der Waals surface area contributed by atoms with Crippen molar-refractivity contribution < 1.29 is 9.90 Å². The molecule has 0 unspecified atom stereocenters. The van der Waals surface area contributed by atoms with Crippen LogP contribution in [0.3, 0.4) is 0 Å². The fraction of sp³-hybridized carbons (Fsp3) is 0.250. The highest BCUT2D eigenvalue weighted by atomic mass is 16.3. The van der Waals surface area contributed by atoms with Gasteiger partial charge in [0.05, 0.1) is 5.69 Å². The number of pyridine rings is 1. The highest BCUT2D eigenvalue weighted by Crippen LogP contribution is 2.35. The fourth-order valence-electron chi connectivity index (χ4n) is 2.72. The van der Waals surface area contributed by atoms with Crippen LogP contribution in [0.15, 0.2) is 35.1 Å². The van der Waals surface area contributed by atoms with Crippen molar-refractivity contribution >= 4 is 11.6 Å². The number of amides is 1. The molecule has 0 saturated heterocycles. The molecule has 5 heteroatoms. The van der Waals surface area contributed by atoms with Gasteiger partial charge in [-0.15, -0.1) is 0 Å². The number of phenolic OH excluding ortho intramolecular Hbond substituents is 1. The molecule has 2 heterocycles. The lowest BCUT2D eigenvalue weighted by Gasteiger charge is -2.29. The second kappa shape index (κ2) is 5.09. The molecule has 0 saturated carbocycles. The molecular formula is C16H16N2O3. The van der Waals surface area contributed by atoms with E-state index in [9.17, 15) is 14.7 Å². The number of anilines is 1. The van der Waals surface area contributed by atoms with E-state index in [1.165, 1.54) is 11.0 Å². The molecule has 1 amide bonds. The Bertz CT molecular complexity index is 764. The van der Waals surface area contributed by atoms with Gasteiger partial charge in [0, 0.05) is 12.2 Å². The lowest BCUT2D eigenvalue weighted by Crippen LogP contribution is -2.38. The molecule has 0 atom stereocenters. The summed E-state index contributed by atoms with van der Waals surface area (Å²) in [6, 6.07) is 8.45. The Balaban J connectivity index is 2.06. The van der Waals surface area contributed by atoms with Gasteiger partial charge >= 0.3 is 0 Å². The number of carbonyl (C=O) groups excluding carboxylic acids is 1. The SMILES string of the molecule is Cc1ccc(C(=O)N2CCCc3cccc(O)c32)c(=O)[nH]1. The van der Waals surface area contributed by atoms with Crippen molar-refractivity contribution in [1.29, 1.82) is 0 Å². The molecular weight excluding hydrogens is 268 g/mol. The lowest BCUT2D eigenvalue weighted by molar-refractivity contribution is 0.0983. The number of rotatable bonds is 1. The van der Waals surface area contributed by atoms with Crippen molar-refractivity contribution in [1.82, 2.24) is 4.98 Å². The van der Waals surface area contributed by atoms with E-state index in [1.807, 2.05) is 6.07 Å². The molecule has 0 radical (unpaired) electrons. The lowest BCUT2D eigenvalue weighted by atomic mass is 10.00. The predicted molar refractivity (Wildman–Crippen MR) is 79.9 cm³/mol. The number of aromatic hydroxyl groups is 1. The van der Waals surface area contributed by atoms with Crippen LogP contribution in [0, 0.1) is 6.92 Å². The monoisotopic (exact) mass is 284 g/mol. The molecule has 2 aromatic rings. The number of aromatic nitrogens is 1. The zero-order valence-corrected chi connectivity index (χ0v) is 11.7. The highest BCUT2D eigenvalue weighted by molar-refractivity contribution is 6.07. The summed E-state index contributed by atoms with van der Waals surface area (Å²) in [5.74, 6) is -0.303. The number of para-hydroxylation sites is 1. The number of aryl methyl sites for hydroxylation is 2. The summed E-state index contributed by atoms with van der Waals surface area (Å²) in [5.41, 5.74) is 1.85. The Morgan fingerprint density at radius 1 is 1.29 bits per heavy atom. The molecule has 21 heavy (non-hydrogen) atoms. The molecule has 0 aliphatic carbocycles. The van der Waals surface area contributed by atoms with Gasteiger partial charge in [-0.1, -0.05) is 12.1 Å². The van der Waals surface area contributed by atoms with Crippen molar-refractivity contribution in [2.75, 3.05) is 11.4 Å². The minimum atomic E-state index is -0.400. The first-order valence-electron chi connectivity index (χ1n) is 6.90. The van der Waals surface area contributed by atoms with Gasteiger partial charge in [0.2, 0.25) is 0 Å². The zero-order chi connectivity index (χ0) is 15.0. The standard InChI is InChI=1S/C16H16N2O3/c1-10-7-8-12(15(20)17-10)16(21)18-9-3-5-11-4-2-6-13(19)14(11)18/h2,4,6-8,19H,3,5,9H2,1H3,(H,17,20). The minimum absolute atomic E-state index is 0.0732. The third kappa shape index (κ3) is 2.31. The van der Waals surface area contributed by atoms with Gasteiger partial charge < -0.3 is 15.0 Å². The van der Waals surface area contributed by atoms with Crippen molar-refractivity contribution in [2.24, 2.45) is 0 Å². The van der Waals surface area contributed by atoms with Crippen LogP contribution in [-0.2, 0) is 6.42 Å². The Morgan fingerprint density at radius 2 is 2.10 bits per heavy atom. The van der Waals surface area contributed by atoms with Crippen LogP contribution in [0.2, 0.25) is 0 Å². The van der Waals surface area contributed by atoms with Crippen LogP contribution in [0.1, 0.15) is 28.0 Å². The van der Waals surface area contributed by atoms with Crippen LogP contribution in [0.5, 0.6) is 5.75 Å². The molecule has 0 bridgehead atoms. The van der Waals surface area contributed by atoms with Crippen molar-refractivity contribution in [3.05, 3.63) is 57.5 Å². The molecule has 1 aromatic heterocycles. The van der Waals surface area contributed by atoms with Gasteiger partial charge in [-0.2, -0.15) is 0 Å². The number of hydrogen-bond donors (Lipinski definition) is 2. The quantitative estimate of drug-likeness (QED) is 0.841. The Morgan fingerprint density at radius 3 is 2.86 bits per heavy atom. The summed E-state index contributed by atoms with van der Waals surface area (Å²) in [7, 11) is 0. The van der Waals surface area contributed by atoms with Gasteiger partial charge in [0.15, 0.2) is 0 Å². The van der Waals surface area contributed by atoms with Crippen LogP contribution < -0.4 is 10.5 Å². The number of fused-ring (bicyclic) bond motifs is 1. The van der Waals surface area contributed by atoms with Crippen LogP contribution in [-0.4, -0.2) is 22.5 Å². The summed E-state index contributed by atoms with van der Waals surface area (Å²) in [5, 5.41) is 10.1. The van der Waals surface area contributed by atoms with Gasteiger partial charge in [0.1, 0.15) is 11.3 Å². The molecule has 3 rings (SSSR count). The third-order valence-corrected chi connectivity index (χ3v) is 3.73. The molecule has 0 fully saturated rings. The van der Waals surface area contributed by atoms with Gasteiger partial charge in [-0.3, -0.25) is 9.59 Å². The largest absolute Gasteiger partial charge is 0.506 e. The summed E-state index contributed by atoms with van der Waals surface area (Å²) in [4.78, 5) is 28.7. The molecule has 1 aliphatic heterocycles. The molecule has 0 spiro atoms. The summed E-state index contributed by atoms with van der Waals surface area (Å²) >= 11 is 0. The zero-order valence-electron chi connectivity index (χ0n) is 11.7. The number of carbonyl (C=O) groups is 1. The maximum absolute atomic E-state index is 12.6. The first-order valence-corrected chi connectivity index (χ1v) is 6.90. The normalized spacial score (nSPS) is 13.9. The number of phenols is 1. The maximum atomic E-state index is 12.6. The van der Waals surface area contributed by atoms with E-state index in [0.29, 0.717) is 17.9 Å². The first kappa shape index (κ1) is 13.4. The molecule has 1 aliphatic rings. The number of nitrogens with zero attached hydrogens (tertiary/aromatic N) is 1. The van der Waals surface area contributed by atoms with Crippen molar-refractivity contribution in [2.45, 2.75) is 19.8 Å². The molecule has 108 valence electrons. The third-order valence-electron chi connectivity index (χ3n) is 3.73. The van der Waals surface area contributed by atoms with E-state index in [0.717, 1.165) is 18.4 Å². The average molecular weight is 284 g/mol. The highest BCUT2D eigenvalue weighted by Gasteiger charge is 2.27. The smallest absolute Gasteiger partial charge is 0.263 e. The van der Waals surface area contributed by atoms with Crippen LogP contribution >= 0.6 is 0 Å². The maximum Gasteiger partial charge on any atom is 0.263 e. The summed E-state index contributed by atoms with van der Waals surface area (Å²) in [6.07, 6.45) is 1.63. The number of hydrogen-bond acceptors (Lipinski definition) is 3. The average Bonchev–Trinajstić information content (AvgIpc) is 2.46. The summed E-state index contributed by atoms with van der Waals surface area (Å²) < 4.78 is 0. The Labute approximate surface area is 121 Å². The molecule has 1 aromatic carbocycles. The number of nitrogens with one attached hydrogen (secondary N) is 1. The topological polar surface area (TPSA) is 73.4 Å². The van der Waals surface area contributed by atoms with Gasteiger partial charge in [-0.25, -0.2) is 0 Å². The van der Waals surface area contributed by atoms with E-state index in [2.05, 4.69) is 4.98 Å². The summed E-state index contributed by atoms with van der Waals surface area (Å²) in [6.45, 7) is 2.26. The minimum Gasteiger partial charge on any atom is -0.506 e. The predicted octanol–water partition coefficient (Wildman–Crippen LogP) is 1.98. The van der Waals surface area contributed by atoms with Crippen molar-refractivity contribution in [3.8, 4) is 5.75 Å². The van der Waals surface area contributed by atoms with Crippen molar-refractivity contribution in [3.63, 3.8) is 0 Å².